The standard InChI is InChI=1S/C14H12ClNS/c1-16-12-9-11(15)7-8-13(12)17-14(16)10-5-3-2-4-6-10/h2-9,14H,1H3. The largest absolute Gasteiger partial charge is 0.357 e. The third-order valence-corrected chi connectivity index (χ3v) is 4.62. The average molecular weight is 262 g/mol. The van der Waals surface area contributed by atoms with Gasteiger partial charge in [0.05, 0.1) is 5.69 Å². The summed E-state index contributed by atoms with van der Waals surface area (Å²) in [6.07, 6.45) is 0. The Bertz CT molecular complexity index is 541. The molecule has 0 amide bonds. The molecule has 1 unspecified atom stereocenters. The lowest BCUT2D eigenvalue weighted by Crippen LogP contribution is -2.16. The van der Waals surface area contributed by atoms with Gasteiger partial charge in [-0.2, -0.15) is 0 Å². The van der Waals surface area contributed by atoms with Crippen LogP contribution in [-0.2, 0) is 0 Å². The predicted molar refractivity (Wildman–Crippen MR) is 74.9 cm³/mol. The number of benzene rings is 2. The Balaban J connectivity index is 1.99. The van der Waals surface area contributed by atoms with E-state index in [1.54, 1.807) is 0 Å². The van der Waals surface area contributed by atoms with Gasteiger partial charge >= 0.3 is 0 Å². The third kappa shape index (κ3) is 1.92. The highest BCUT2D eigenvalue weighted by molar-refractivity contribution is 8.00. The molecule has 0 saturated carbocycles. The Hall–Kier alpha value is -1.12. The molecule has 86 valence electrons. The maximum absolute atomic E-state index is 6.05. The van der Waals surface area contributed by atoms with E-state index in [1.165, 1.54) is 16.1 Å². The monoisotopic (exact) mass is 261 g/mol. The van der Waals surface area contributed by atoms with E-state index in [0.29, 0.717) is 5.37 Å². The quantitative estimate of drug-likeness (QED) is 0.739. The Morgan fingerprint density at radius 1 is 1.12 bits per heavy atom. The van der Waals surface area contributed by atoms with Crippen LogP contribution in [0.3, 0.4) is 0 Å². The lowest BCUT2D eigenvalue weighted by atomic mass is 10.2. The number of nitrogens with zero attached hydrogens (tertiary/aromatic N) is 1. The van der Waals surface area contributed by atoms with Gasteiger partial charge in [-0.3, -0.25) is 0 Å². The van der Waals surface area contributed by atoms with Crippen molar-refractivity contribution in [2.75, 3.05) is 11.9 Å². The van der Waals surface area contributed by atoms with Gasteiger partial charge < -0.3 is 4.90 Å². The Morgan fingerprint density at radius 3 is 2.65 bits per heavy atom. The van der Waals surface area contributed by atoms with Gasteiger partial charge in [-0.05, 0) is 23.8 Å². The van der Waals surface area contributed by atoms with Crippen LogP contribution in [0.2, 0.25) is 5.02 Å². The number of halogens is 1. The maximum Gasteiger partial charge on any atom is 0.105 e. The molecule has 1 atom stereocenters. The van der Waals surface area contributed by atoms with Crippen LogP contribution in [0.4, 0.5) is 5.69 Å². The van der Waals surface area contributed by atoms with E-state index in [4.69, 9.17) is 11.6 Å². The maximum atomic E-state index is 6.05. The van der Waals surface area contributed by atoms with Crippen LogP contribution in [0.1, 0.15) is 10.9 Å². The molecule has 0 spiro atoms. The summed E-state index contributed by atoms with van der Waals surface area (Å²) in [4.78, 5) is 3.58. The fourth-order valence-corrected chi connectivity index (χ4v) is 3.54. The number of rotatable bonds is 1. The number of thioether (sulfide) groups is 1. The topological polar surface area (TPSA) is 3.24 Å². The lowest BCUT2D eigenvalue weighted by molar-refractivity contribution is 0.913. The van der Waals surface area contributed by atoms with Gasteiger partial charge in [-0.25, -0.2) is 0 Å². The smallest absolute Gasteiger partial charge is 0.105 e. The number of anilines is 1. The Kier molecular flexibility index (Phi) is 2.77. The highest BCUT2D eigenvalue weighted by Crippen LogP contribution is 2.50. The molecule has 0 radical (unpaired) electrons. The van der Waals surface area contributed by atoms with E-state index >= 15 is 0 Å². The highest BCUT2D eigenvalue weighted by Gasteiger charge is 2.28. The van der Waals surface area contributed by atoms with Gasteiger partial charge in [0.2, 0.25) is 0 Å². The molecule has 1 nitrogen and oxygen atoms in total. The van der Waals surface area contributed by atoms with Crippen molar-refractivity contribution in [1.82, 2.24) is 0 Å². The van der Waals surface area contributed by atoms with Gasteiger partial charge in [0.25, 0.3) is 0 Å². The molecule has 0 fully saturated rings. The summed E-state index contributed by atoms with van der Waals surface area (Å²) >= 11 is 7.92. The summed E-state index contributed by atoms with van der Waals surface area (Å²) < 4.78 is 0. The fourth-order valence-electron chi connectivity index (χ4n) is 2.10. The van der Waals surface area contributed by atoms with Crippen molar-refractivity contribution in [3.63, 3.8) is 0 Å². The summed E-state index contributed by atoms with van der Waals surface area (Å²) in [7, 11) is 2.12. The first kappa shape index (κ1) is 11.0. The molecule has 0 aromatic heterocycles. The predicted octanol–water partition coefficient (Wildman–Crippen LogP) is 4.58. The highest BCUT2D eigenvalue weighted by atomic mass is 35.5. The minimum Gasteiger partial charge on any atom is -0.357 e. The zero-order valence-corrected chi connectivity index (χ0v) is 11.0. The normalized spacial score (nSPS) is 18.2. The fraction of sp³-hybridized carbons (Fsp3) is 0.143. The van der Waals surface area contributed by atoms with Crippen LogP contribution in [0, 0.1) is 0 Å². The van der Waals surface area contributed by atoms with Crippen LogP contribution in [0.25, 0.3) is 0 Å². The number of hydrogen-bond donors (Lipinski definition) is 0. The SMILES string of the molecule is CN1c2cc(Cl)ccc2SC1c1ccccc1. The van der Waals surface area contributed by atoms with Gasteiger partial charge in [0.1, 0.15) is 5.37 Å². The summed E-state index contributed by atoms with van der Waals surface area (Å²) in [5.74, 6) is 0. The van der Waals surface area contributed by atoms with Gasteiger partial charge in [0.15, 0.2) is 0 Å². The molecule has 1 aliphatic rings. The summed E-state index contributed by atoms with van der Waals surface area (Å²) in [5.41, 5.74) is 2.55. The first-order chi connectivity index (χ1) is 8.25. The summed E-state index contributed by atoms with van der Waals surface area (Å²) in [5, 5.41) is 1.15. The molecule has 0 N–H and O–H groups in total. The second-order valence-electron chi connectivity index (χ2n) is 4.10. The molecule has 2 aromatic rings. The van der Waals surface area contributed by atoms with Gasteiger partial charge in [-0.15, -0.1) is 0 Å². The van der Waals surface area contributed by atoms with E-state index in [9.17, 15) is 0 Å². The van der Waals surface area contributed by atoms with E-state index in [-0.39, 0.29) is 0 Å². The second-order valence-corrected chi connectivity index (χ2v) is 5.66. The molecular weight excluding hydrogens is 250 g/mol. The Labute approximate surface area is 110 Å². The number of hydrogen-bond acceptors (Lipinski definition) is 2. The molecule has 1 aliphatic heterocycles. The van der Waals surface area contributed by atoms with E-state index in [1.807, 2.05) is 30.0 Å². The first-order valence-electron chi connectivity index (χ1n) is 5.50. The van der Waals surface area contributed by atoms with Crippen molar-refractivity contribution in [3.05, 3.63) is 59.1 Å². The zero-order valence-electron chi connectivity index (χ0n) is 9.43. The van der Waals surface area contributed by atoms with Crippen molar-refractivity contribution in [1.29, 1.82) is 0 Å². The van der Waals surface area contributed by atoms with Crippen molar-refractivity contribution < 1.29 is 0 Å². The van der Waals surface area contributed by atoms with E-state index < -0.39 is 0 Å². The van der Waals surface area contributed by atoms with Crippen molar-refractivity contribution in [3.8, 4) is 0 Å². The molecule has 1 heterocycles. The van der Waals surface area contributed by atoms with Gasteiger partial charge in [-0.1, -0.05) is 53.7 Å². The van der Waals surface area contributed by atoms with Crippen LogP contribution in [0.5, 0.6) is 0 Å². The number of fused-ring (bicyclic) bond motifs is 1. The lowest BCUT2D eigenvalue weighted by Gasteiger charge is -2.21. The van der Waals surface area contributed by atoms with E-state index in [2.05, 4.69) is 42.3 Å². The molecular formula is C14H12ClNS. The molecule has 3 rings (SSSR count). The van der Waals surface area contributed by atoms with Crippen LogP contribution >= 0.6 is 23.4 Å². The minimum absolute atomic E-state index is 0.352. The molecule has 0 saturated heterocycles. The summed E-state index contributed by atoms with van der Waals surface area (Å²) in [6, 6.07) is 16.6. The molecule has 3 heteroatoms. The average Bonchev–Trinajstić information content (AvgIpc) is 2.68. The van der Waals surface area contributed by atoms with Gasteiger partial charge in [0, 0.05) is 17.0 Å². The first-order valence-corrected chi connectivity index (χ1v) is 6.75. The second kappa shape index (κ2) is 4.28. The van der Waals surface area contributed by atoms with Crippen LogP contribution in [0.15, 0.2) is 53.4 Å². The van der Waals surface area contributed by atoms with Crippen molar-refractivity contribution >= 4 is 29.1 Å². The molecule has 17 heavy (non-hydrogen) atoms. The third-order valence-electron chi connectivity index (χ3n) is 2.98. The molecule has 0 bridgehead atoms. The summed E-state index contributed by atoms with van der Waals surface area (Å²) in [6.45, 7) is 0. The molecule has 0 aliphatic carbocycles. The van der Waals surface area contributed by atoms with E-state index in [0.717, 1.165) is 5.02 Å². The zero-order chi connectivity index (χ0) is 11.8. The Morgan fingerprint density at radius 2 is 1.88 bits per heavy atom. The molecule has 2 aromatic carbocycles. The van der Waals surface area contributed by atoms with Crippen LogP contribution in [-0.4, -0.2) is 7.05 Å². The van der Waals surface area contributed by atoms with Crippen LogP contribution < -0.4 is 4.90 Å². The van der Waals surface area contributed by atoms with Crippen molar-refractivity contribution in [2.45, 2.75) is 10.3 Å². The minimum atomic E-state index is 0.352. The van der Waals surface area contributed by atoms with Crippen molar-refractivity contribution in [2.24, 2.45) is 0 Å².